The first-order valence-corrected chi connectivity index (χ1v) is 9.27. The van der Waals surface area contributed by atoms with Gasteiger partial charge in [0.1, 0.15) is 0 Å². The second-order valence-electron chi connectivity index (χ2n) is 5.54. The van der Waals surface area contributed by atoms with Crippen LogP contribution in [0.1, 0.15) is 5.56 Å². The quantitative estimate of drug-likeness (QED) is 0.749. The van der Waals surface area contributed by atoms with E-state index in [9.17, 15) is 18.0 Å². The molecule has 1 saturated heterocycles. The molecule has 0 aromatic heterocycles. The van der Waals surface area contributed by atoms with E-state index < -0.39 is 22.0 Å². The second-order valence-corrected chi connectivity index (χ2v) is 7.51. The Balaban J connectivity index is 1.83. The molecule has 1 aliphatic heterocycles. The van der Waals surface area contributed by atoms with Crippen molar-refractivity contribution in [3.8, 4) is 0 Å². The standard InChI is InChI=1S/C15H22N4O4S/c1-16-15(21)17-14(20)11-18-7-9-19(10-8-18)24(22,23)12-13-5-3-2-4-6-13/h2-6H,7-12H2,1H3,(H2,16,17,20,21). The number of nitrogens with zero attached hydrogens (tertiary/aromatic N) is 2. The average molecular weight is 354 g/mol. The van der Waals surface area contributed by atoms with Gasteiger partial charge in [0.2, 0.25) is 15.9 Å². The van der Waals surface area contributed by atoms with Gasteiger partial charge in [-0.05, 0) is 5.56 Å². The molecule has 0 aliphatic carbocycles. The molecular weight excluding hydrogens is 332 g/mol. The highest BCUT2D eigenvalue weighted by atomic mass is 32.2. The number of carbonyl (C=O) groups is 2. The van der Waals surface area contributed by atoms with Crippen molar-refractivity contribution in [2.24, 2.45) is 0 Å². The summed E-state index contributed by atoms with van der Waals surface area (Å²) in [4.78, 5) is 24.6. The van der Waals surface area contributed by atoms with E-state index in [1.54, 1.807) is 12.1 Å². The number of rotatable bonds is 5. The first-order valence-electron chi connectivity index (χ1n) is 7.66. The molecule has 1 aromatic carbocycles. The van der Waals surface area contributed by atoms with Gasteiger partial charge in [-0.15, -0.1) is 0 Å². The van der Waals surface area contributed by atoms with Crippen LogP contribution in [0.4, 0.5) is 4.79 Å². The monoisotopic (exact) mass is 354 g/mol. The van der Waals surface area contributed by atoms with Gasteiger partial charge in [0.25, 0.3) is 0 Å². The number of amides is 3. The minimum absolute atomic E-state index is 0.0228. The SMILES string of the molecule is CNC(=O)NC(=O)CN1CCN(S(=O)(=O)Cc2ccccc2)CC1. The summed E-state index contributed by atoms with van der Waals surface area (Å²) in [6.07, 6.45) is 0. The lowest BCUT2D eigenvalue weighted by molar-refractivity contribution is -0.121. The van der Waals surface area contributed by atoms with Gasteiger partial charge in [-0.25, -0.2) is 13.2 Å². The van der Waals surface area contributed by atoms with E-state index >= 15 is 0 Å². The van der Waals surface area contributed by atoms with E-state index in [0.717, 1.165) is 5.56 Å². The lowest BCUT2D eigenvalue weighted by Crippen LogP contribution is -2.52. The topological polar surface area (TPSA) is 98.8 Å². The van der Waals surface area contributed by atoms with Crippen molar-refractivity contribution >= 4 is 22.0 Å². The normalized spacial score (nSPS) is 16.5. The van der Waals surface area contributed by atoms with Gasteiger partial charge in [0.05, 0.1) is 12.3 Å². The molecule has 3 amide bonds. The Hall–Kier alpha value is -1.97. The van der Waals surface area contributed by atoms with E-state index in [1.807, 2.05) is 23.1 Å². The summed E-state index contributed by atoms with van der Waals surface area (Å²) in [5.41, 5.74) is 0.755. The molecule has 2 N–H and O–H groups in total. The minimum atomic E-state index is -3.37. The fraction of sp³-hybridized carbons (Fsp3) is 0.467. The number of piperazine rings is 1. The molecule has 24 heavy (non-hydrogen) atoms. The van der Waals surface area contributed by atoms with E-state index in [-0.39, 0.29) is 12.3 Å². The van der Waals surface area contributed by atoms with Gasteiger partial charge in [-0.1, -0.05) is 30.3 Å². The van der Waals surface area contributed by atoms with Crippen LogP contribution in [0.15, 0.2) is 30.3 Å². The molecule has 0 atom stereocenters. The summed E-state index contributed by atoms with van der Waals surface area (Å²) >= 11 is 0. The van der Waals surface area contributed by atoms with Gasteiger partial charge in [0.15, 0.2) is 0 Å². The highest BCUT2D eigenvalue weighted by Crippen LogP contribution is 2.13. The molecule has 0 spiro atoms. The minimum Gasteiger partial charge on any atom is -0.341 e. The Morgan fingerprint density at radius 1 is 1.08 bits per heavy atom. The summed E-state index contributed by atoms with van der Waals surface area (Å²) < 4.78 is 26.3. The van der Waals surface area contributed by atoms with Crippen LogP contribution < -0.4 is 10.6 Å². The third-order valence-corrected chi connectivity index (χ3v) is 5.61. The molecule has 0 radical (unpaired) electrons. The number of nitrogens with one attached hydrogen (secondary N) is 2. The second kappa shape index (κ2) is 8.22. The van der Waals surface area contributed by atoms with Crippen LogP contribution in [0.3, 0.4) is 0 Å². The Bertz CT molecular complexity index is 670. The van der Waals surface area contributed by atoms with Crippen molar-refractivity contribution in [1.29, 1.82) is 0 Å². The number of urea groups is 1. The van der Waals surface area contributed by atoms with Gasteiger partial charge in [0, 0.05) is 33.2 Å². The molecule has 1 aromatic rings. The lowest BCUT2D eigenvalue weighted by Gasteiger charge is -2.33. The first kappa shape index (κ1) is 18.4. The number of hydrogen-bond donors (Lipinski definition) is 2. The average Bonchev–Trinajstić information content (AvgIpc) is 2.55. The van der Waals surface area contributed by atoms with E-state index in [2.05, 4.69) is 10.6 Å². The van der Waals surface area contributed by atoms with Crippen molar-refractivity contribution in [2.75, 3.05) is 39.8 Å². The van der Waals surface area contributed by atoms with E-state index in [4.69, 9.17) is 0 Å². The van der Waals surface area contributed by atoms with Crippen LogP contribution in [0.5, 0.6) is 0 Å². The Morgan fingerprint density at radius 2 is 1.71 bits per heavy atom. The number of benzene rings is 1. The molecule has 2 rings (SSSR count). The first-order chi connectivity index (χ1) is 11.4. The number of carbonyl (C=O) groups excluding carboxylic acids is 2. The number of imide groups is 1. The molecule has 9 heteroatoms. The van der Waals surface area contributed by atoms with Gasteiger partial charge >= 0.3 is 6.03 Å². The van der Waals surface area contributed by atoms with Crippen molar-refractivity contribution in [3.05, 3.63) is 35.9 Å². The Morgan fingerprint density at radius 3 is 2.29 bits per heavy atom. The lowest BCUT2D eigenvalue weighted by atomic mass is 10.2. The van der Waals surface area contributed by atoms with Crippen LogP contribution in [0.2, 0.25) is 0 Å². The molecule has 1 aliphatic rings. The number of sulfonamides is 1. The maximum atomic E-state index is 12.4. The van der Waals surface area contributed by atoms with Crippen molar-refractivity contribution in [3.63, 3.8) is 0 Å². The zero-order valence-corrected chi connectivity index (χ0v) is 14.4. The molecule has 132 valence electrons. The van der Waals surface area contributed by atoms with Crippen LogP contribution in [0, 0.1) is 0 Å². The molecule has 0 unspecified atom stereocenters. The maximum absolute atomic E-state index is 12.4. The van der Waals surface area contributed by atoms with E-state index in [1.165, 1.54) is 11.4 Å². The Kier molecular flexibility index (Phi) is 6.29. The number of hydrogen-bond acceptors (Lipinski definition) is 5. The third kappa shape index (κ3) is 5.29. The zero-order valence-electron chi connectivity index (χ0n) is 13.6. The van der Waals surface area contributed by atoms with Crippen LogP contribution in [0.25, 0.3) is 0 Å². The molecule has 1 heterocycles. The van der Waals surface area contributed by atoms with Crippen molar-refractivity contribution in [2.45, 2.75) is 5.75 Å². The molecule has 0 bridgehead atoms. The van der Waals surface area contributed by atoms with Crippen molar-refractivity contribution < 1.29 is 18.0 Å². The van der Waals surface area contributed by atoms with Crippen molar-refractivity contribution in [1.82, 2.24) is 19.8 Å². The van der Waals surface area contributed by atoms with Gasteiger partial charge in [-0.3, -0.25) is 15.0 Å². The summed E-state index contributed by atoms with van der Waals surface area (Å²) in [5.74, 6) is -0.430. The van der Waals surface area contributed by atoms with Gasteiger partial charge in [-0.2, -0.15) is 4.31 Å². The molecule has 1 fully saturated rings. The largest absolute Gasteiger partial charge is 0.341 e. The van der Waals surface area contributed by atoms with Crippen LogP contribution in [-0.4, -0.2) is 69.3 Å². The van der Waals surface area contributed by atoms with Gasteiger partial charge < -0.3 is 5.32 Å². The summed E-state index contributed by atoms with van der Waals surface area (Å²) in [7, 11) is -1.94. The summed E-state index contributed by atoms with van der Waals surface area (Å²) in [6, 6.07) is 8.50. The molecular formula is C15H22N4O4S. The smallest absolute Gasteiger partial charge is 0.321 e. The Labute approximate surface area is 141 Å². The fourth-order valence-corrected chi connectivity index (χ4v) is 3.99. The van der Waals surface area contributed by atoms with E-state index in [0.29, 0.717) is 26.2 Å². The highest BCUT2D eigenvalue weighted by Gasteiger charge is 2.27. The zero-order chi connectivity index (χ0) is 17.6. The van der Waals surface area contributed by atoms with Crippen LogP contribution in [-0.2, 0) is 20.6 Å². The molecule has 8 nitrogen and oxygen atoms in total. The third-order valence-electron chi connectivity index (χ3n) is 3.76. The molecule has 0 saturated carbocycles. The predicted molar refractivity (Wildman–Crippen MR) is 89.7 cm³/mol. The summed E-state index contributed by atoms with van der Waals surface area (Å²) in [5, 5.41) is 4.49. The van der Waals surface area contributed by atoms with Crippen LogP contribution >= 0.6 is 0 Å². The summed E-state index contributed by atoms with van der Waals surface area (Å²) in [6.45, 7) is 1.65. The maximum Gasteiger partial charge on any atom is 0.321 e. The highest BCUT2D eigenvalue weighted by molar-refractivity contribution is 7.88. The predicted octanol–water partition coefficient (Wildman–Crippen LogP) is -0.410. The fourth-order valence-electron chi connectivity index (χ4n) is 2.47.